The normalized spacial score (nSPS) is 12.9. The second-order valence-electron chi connectivity index (χ2n) is 5.29. The van der Waals surface area contributed by atoms with Gasteiger partial charge in [0, 0.05) is 12.4 Å². The van der Waals surface area contributed by atoms with Crippen LogP contribution < -0.4 is 5.32 Å². The Morgan fingerprint density at radius 2 is 1.91 bits per heavy atom. The summed E-state index contributed by atoms with van der Waals surface area (Å²) in [5.74, 6) is 0.194. The average Bonchev–Trinajstić information content (AvgIpc) is 2.43. The standard InChI is InChI=1S/C15H19N2O4P/c1-10-6-12(7-11(2)15(10)18)14(9-22(19,20)21)17-13-4-3-5-16-8-13/h3-8,14,17-18H,9H2,1-2H3,(H2,19,20,21). The molecule has 0 aliphatic heterocycles. The molecule has 0 amide bonds. The van der Waals surface area contributed by atoms with Crippen molar-refractivity contribution in [3.8, 4) is 5.75 Å². The van der Waals surface area contributed by atoms with E-state index >= 15 is 0 Å². The molecule has 118 valence electrons. The van der Waals surface area contributed by atoms with Gasteiger partial charge < -0.3 is 20.2 Å². The van der Waals surface area contributed by atoms with Gasteiger partial charge in [0.15, 0.2) is 0 Å². The number of hydrogen-bond donors (Lipinski definition) is 4. The van der Waals surface area contributed by atoms with Crippen LogP contribution in [0.5, 0.6) is 5.75 Å². The summed E-state index contributed by atoms with van der Waals surface area (Å²) in [7, 11) is -4.21. The summed E-state index contributed by atoms with van der Waals surface area (Å²) in [6, 6.07) is 6.39. The summed E-state index contributed by atoms with van der Waals surface area (Å²) < 4.78 is 11.4. The Kier molecular flexibility index (Phi) is 4.86. The fourth-order valence-corrected chi connectivity index (χ4v) is 3.09. The molecule has 0 aliphatic rings. The molecule has 1 aromatic carbocycles. The van der Waals surface area contributed by atoms with Crippen LogP contribution in [0.4, 0.5) is 5.69 Å². The third-order valence-electron chi connectivity index (χ3n) is 3.34. The highest BCUT2D eigenvalue weighted by Crippen LogP contribution is 2.41. The summed E-state index contributed by atoms with van der Waals surface area (Å²) in [5, 5.41) is 12.9. The van der Waals surface area contributed by atoms with Crippen LogP contribution in [0.15, 0.2) is 36.7 Å². The van der Waals surface area contributed by atoms with E-state index in [0.29, 0.717) is 22.4 Å². The minimum absolute atomic E-state index is 0.194. The first-order valence-electron chi connectivity index (χ1n) is 6.77. The molecule has 4 N–H and O–H groups in total. The second kappa shape index (κ2) is 6.48. The molecule has 1 aromatic heterocycles. The third kappa shape index (κ3) is 4.31. The number of pyridine rings is 1. The molecule has 2 aromatic rings. The van der Waals surface area contributed by atoms with Crippen molar-refractivity contribution in [2.45, 2.75) is 19.9 Å². The molecule has 0 radical (unpaired) electrons. The first kappa shape index (κ1) is 16.5. The molecule has 22 heavy (non-hydrogen) atoms. The molecular weight excluding hydrogens is 303 g/mol. The Morgan fingerprint density at radius 3 is 2.41 bits per heavy atom. The maximum Gasteiger partial charge on any atom is 0.327 e. The van der Waals surface area contributed by atoms with E-state index in [4.69, 9.17) is 0 Å². The molecule has 0 bridgehead atoms. The topological polar surface area (TPSA) is 103 Å². The van der Waals surface area contributed by atoms with E-state index in [-0.39, 0.29) is 11.9 Å². The van der Waals surface area contributed by atoms with Crippen LogP contribution in [0.2, 0.25) is 0 Å². The fourth-order valence-electron chi connectivity index (χ4n) is 2.31. The number of anilines is 1. The fraction of sp³-hybridized carbons (Fsp3) is 0.267. The molecule has 0 aliphatic carbocycles. The number of rotatable bonds is 5. The lowest BCUT2D eigenvalue weighted by atomic mass is 10.0. The van der Waals surface area contributed by atoms with Gasteiger partial charge in [-0.15, -0.1) is 0 Å². The van der Waals surface area contributed by atoms with Gasteiger partial charge in [-0.1, -0.05) is 12.1 Å². The zero-order valence-corrected chi connectivity index (χ0v) is 13.3. The number of phenols is 1. The van der Waals surface area contributed by atoms with Crippen LogP contribution in [0.25, 0.3) is 0 Å². The van der Waals surface area contributed by atoms with Crippen LogP contribution in [-0.2, 0) is 4.57 Å². The Hall–Kier alpha value is -1.88. The molecule has 1 atom stereocenters. The van der Waals surface area contributed by atoms with Gasteiger partial charge in [0.1, 0.15) is 5.75 Å². The number of aryl methyl sites for hydroxylation is 2. The summed E-state index contributed by atoms with van der Waals surface area (Å²) in [5.41, 5.74) is 2.71. The van der Waals surface area contributed by atoms with E-state index in [1.165, 1.54) is 0 Å². The van der Waals surface area contributed by atoms with Gasteiger partial charge in [0.2, 0.25) is 0 Å². The molecule has 0 spiro atoms. The van der Waals surface area contributed by atoms with Crippen molar-refractivity contribution in [3.05, 3.63) is 53.3 Å². The Bertz CT molecular complexity index is 677. The molecule has 7 heteroatoms. The van der Waals surface area contributed by atoms with Crippen LogP contribution >= 0.6 is 7.60 Å². The molecule has 1 heterocycles. The molecule has 6 nitrogen and oxygen atoms in total. The first-order valence-corrected chi connectivity index (χ1v) is 8.57. The van der Waals surface area contributed by atoms with Gasteiger partial charge in [-0.25, -0.2) is 0 Å². The van der Waals surface area contributed by atoms with Crippen LogP contribution in [0, 0.1) is 13.8 Å². The first-order chi connectivity index (χ1) is 10.3. The summed E-state index contributed by atoms with van der Waals surface area (Å²) in [6.07, 6.45) is 2.87. The summed E-state index contributed by atoms with van der Waals surface area (Å²) in [4.78, 5) is 22.6. The minimum Gasteiger partial charge on any atom is -0.507 e. The lowest BCUT2D eigenvalue weighted by Gasteiger charge is -2.22. The molecule has 0 saturated carbocycles. The number of hydrogen-bond acceptors (Lipinski definition) is 4. The Balaban J connectivity index is 2.38. The highest BCUT2D eigenvalue weighted by molar-refractivity contribution is 7.51. The van der Waals surface area contributed by atoms with E-state index in [0.717, 1.165) is 0 Å². The Morgan fingerprint density at radius 1 is 1.27 bits per heavy atom. The van der Waals surface area contributed by atoms with Crippen LogP contribution in [0.3, 0.4) is 0 Å². The number of nitrogens with zero attached hydrogens (tertiary/aromatic N) is 1. The van der Waals surface area contributed by atoms with Gasteiger partial charge in [-0.05, 0) is 42.7 Å². The van der Waals surface area contributed by atoms with Gasteiger partial charge in [0.05, 0.1) is 17.9 Å². The van der Waals surface area contributed by atoms with Crippen molar-refractivity contribution in [1.29, 1.82) is 0 Å². The van der Waals surface area contributed by atoms with Crippen molar-refractivity contribution < 1.29 is 19.5 Å². The van der Waals surface area contributed by atoms with Crippen molar-refractivity contribution in [2.24, 2.45) is 0 Å². The van der Waals surface area contributed by atoms with Crippen molar-refractivity contribution in [2.75, 3.05) is 11.5 Å². The van der Waals surface area contributed by atoms with Crippen molar-refractivity contribution >= 4 is 13.3 Å². The number of phenolic OH excluding ortho intramolecular Hbond substituents is 1. The molecule has 0 saturated heterocycles. The van der Waals surface area contributed by atoms with E-state index in [2.05, 4.69) is 10.3 Å². The largest absolute Gasteiger partial charge is 0.507 e. The zero-order chi connectivity index (χ0) is 16.3. The highest BCUT2D eigenvalue weighted by Gasteiger charge is 2.24. The van der Waals surface area contributed by atoms with Gasteiger partial charge in [-0.2, -0.15) is 0 Å². The van der Waals surface area contributed by atoms with Crippen molar-refractivity contribution in [1.82, 2.24) is 4.98 Å². The number of aromatic nitrogens is 1. The van der Waals surface area contributed by atoms with Crippen molar-refractivity contribution in [3.63, 3.8) is 0 Å². The Labute approximate surface area is 129 Å². The minimum atomic E-state index is -4.21. The molecule has 2 rings (SSSR count). The lowest BCUT2D eigenvalue weighted by Crippen LogP contribution is -2.16. The lowest BCUT2D eigenvalue weighted by molar-refractivity contribution is 0.370. The van der Waals surface area contributed by atoms with Crippen LogP contribution in [-0.4, -0.2) is 26.0 Å². The summed E-state index contributed by atoms with van der Waals surface area (Å²) in [6.45, 7) is 3.51. The number of nitrogens with one attached hydrogen (secondary N) is 1. The van der Waals surface area contributed by atoms with Gasteiger partial charge >= 0.3 is 7.60 Å². The quantitative estimate of drug-likeness (QED) is 0.631. The van der Waals surface area contributed by atoms with E-state index < -0.39 is 13.6 Å². The van der Waals surface area contributed by atoms with Gasteiger partial charge in [-0.3, -0.25) is 9.55 Å². The van der Waals surface area contributed by atoms with E-state index in [1.807, 2.05) is 0 Å². The predicted octanol–water partition coefficient (Wildman–Crippen LogP) is 2.73. The SMILES string of the molecule is Cc1cc(C(CP(=O)(O)O)Nc2cccnc2)cc(C)c1O. The third-order valence-corrected chi connectivity index (χ3v) is 4.18. The number of aromatic hydroxyl groups is 1. The molecule has 1 unspecified atom stereocenters. The number of benzene rings is 1. The van der Waals surface area contributed by atoms with E-state index in [9.17, 15) is 19.5 Å². The molecular formula is C15H19N2O4P. The maximum atomic E-state index is 11.4. The highest BCUT2D eigenvalue weighted by atomic mass is 31.2. The summed E-state index contributed by atoms with van der Waals surface area (Å²) >= 11 is 0. The maximum absolute atomic E-state index is 11.4. The smallest absolute Gasteiger partial charge is 0.327 e. The predicted molar refractivity (Wildman–Crippen MR) is 85.1 cm³/mol. The second-order valence-corrected chi connectivity index (χ2v) is 6.98. The average molecular weight is 322 g/mol. The molecule has 0 fully saturated rings. The van der Waals surface area contributed by atoms with Crippen LogP contribution in [0.1, 0.15) is 22.7 Å². The van der Waals surface area contributed by atoms with Gasteiger partial charge in [0.25, 0.3) is 0 Å². The van der Waals surface area contributed by atoms with E-state index in [1.54, 1.807) is 50.5 Å². The monoisotopic (exact) mass is 322 g/mol. The zero-order valence-electron chi connectivity index (χ0n) is 12.4.